The molecule has 1 aliphatic heterocycles. The number of fused-ring (bicyclic) bond motifs is 3. The molecule has 1 saturated heterocycles. The molecule has 0 unspecified atom stereocenters. The fourth-order valence-electron chi connectivity index (χ4n) is 4.44. The summed E-state index contributed by atoms with van der Waals surface area (Å²) in [7, 11) is 0. The third-order valence-electron chi connectivity index (χ3n) is 5.75. The van der Waals surface area contributed by atoms with Crippen molar-refractivity contribution in [2.75, 3.05) is 5.75 Å². The maximum Gasteiger partial charge on any atom is 0.339 e. The summed E-state index contributed by atoms with van der Waals surface area (Å²) in [4.78, 5) is 48.5. The molecule has 0 bridgehead atoms. The number of benzene rings is 1. The molecule has 10 heteroatoms. The van der Waals surface area contributed by atoms with Gasteiger partial charge in [-0.25, -0.2) is 4.79 Å². The molecule has 1 fully saturated rings. The highest BCUT2D eigenvalue weighted by atomic mass is 32.2. The van der Waals surface area contributed by atoms with Crippen molar-refractivity contribution in [3.63, 3.8) is 0 Å². The van der Waals surface area contributed by atoms with Crippen molar-refractivity contribution in [1.82, 2.24) is 0 Å². The van der Waals surface area contributed by atoms with Crippen molar-refractivity contribution in [2.45, 2.75) is 74.2 Å². The van der Waals surface area contributed by atoms with E-state index in [1.54, 1.807) is 0 Å². The van der Waals surface area contributed by atoms with Gasteiger partial charge in [0.2, 0.25) is 0 Å². The van der Waals surface area contributed by atoms with Crippen LogP contribution in [0.1, 0.15) is 44.7 Å². The topological polar surface area (TPSA) is 109 Å². The summed E-state index contributed by atoms with van der Waals surface area (Å²) in [5.74, 6) is -1.24. The Bertz CT molecular complexity index is 1170. The molecule has 182 valence electrons. The zero-order valence-corrected chi connectivity index (χ0v) is 20.8. The Morgan fingerprint density at radius 2 is 1.59 bits per heavy atom. The van der Waals surface area contributed by atoms with E-state index in [2.05, 4.69) is 0 Å². The van der Waals surface area contributed by atoms with Crippen molar-refractivity contribution in [3.8, 4) is 0 Å². The van der Waals surface area contributed by atoms with Crippen LogP contribution in [0.25, 0.3) is 11.0 Å². The van der Waals surface area contributed by atoms with E-state index in [1.807, 2.05) is 18.2 Å². The largest absolute Gasteiger partial charge is 0.458 e. The lowest BCUT2D eigenvalue weighted by molar-refractivity contribution is -0.180. The molecule has 1 aliphatic carbocycles. The molecule has 34 heavy (non-hydrogen) atoms. The van der Waals surface area contributed by atoms with E-state index < -0.39 is 36.2 Å². The van der Waals surface area contributed by atoms with Crippen LogP contribution in [0.5, 0.6) is 0 Å². The minimum absolute atomic E-state index is 0.284. The van der Waals surface area contributed by atoms with Crippen molar-refractivity contribution < 1.29 is 33.0 Å². The van der Waals surface area contributed by atoms with Crippen LogP contribution in [0, 0.1) is 0 Å². The highest BCUT2D eigenvalue weighted by Gasteiger charge is 2.46. The SMILES string of the molecule is CC(=O)O[C@@H]1[C@@H](OC(C)=O)[C@H](Sc2ccc3c4c(c(=O)oc3c2)CCCC4)SC[C@H]1OC(C)=O. The Balaban J connectivity index is 1.64. The predicted molar refractivity (Wildman–Crippen MR) is 128 cm³/mol. The molecule has 2 aliphatic rings. The first-order chi connectivity index (χ1) is 16.2. The highest BCUT2D eigenvalue weighted by Crippen LogP contribution is 2.42. The van der Waals surface area contributed by atoms with Gasteiger partial charge in [0, 0.05) is 42.4 Å². The number of esters is 3. The lowest BCUT2D eigenvalue weighted by Crippen LogP contribution is -2.53. The van der Waals surface area contributed by atoms with E-state index in [0.717, 1.165) is 47.1 Å². The second-order valence-electron chi connectivity index (χ2n) is 8.33. The standard InChI is InChI=1S/C24H26O8S2/c1-12(25)29-20-11-33-24(22(31-14(3)27)21(20)30-13(2)26)34-15-8-9-17-16-6-4-5-7-18(16)23(28)32-19(17)10-15/h8-10,20-22,24H,4-7,11H2,1-3H3/t20-,21+,22-,24+/m1/s1. The van der Waals surface area contributed by atoms with Gasteiger partial charge in [-0.2, -0.15) is 0 Å². The quantitative estimate of drug-likeness (QED) is 0.339. The van der Waals surface area contributed by atoms with Crippen LogP contribution in [0.4, 0.5) is 0 Å². The number of hydrogen-bond acceptors (Lipinski definition) is 10. The van der Waals surface area contributed by atoms with Gasteiger partial charge in [0.15, 0.2) is 18.3 Å². The smallest absolute Gasteiger partial charge is 0.339 e. The lowest BCUT2D eigenvalue weighted by atomic mass is 9.91. The molecular weight excluding hydrogens is 480 g/mol. The molecular formula is C24H26O8S2. The van der Waals surface area contributed by atoms with Gasteiger partial charge in [-0.15, -0.1) is 23.5 Å². The van der Waals surface area contributed by atoms with E-state index in [0.29, 0.717) is 11.3 Å². The summed E-state index contributed by atoms with van der Waals surface area (Å²) in [6.45, 7) is 3.81. The van der Waals surface area contributed by atoms with Crippen molar-refractivity contribution in [2.24, 2.45) is 0 Å². The van der Waals surface area contributed by atoms with Crippen molar-refractivity contribution >= 4 is 52.4 Å². The first-order valence-electron chi connectivity index (χ1n) is 11.1. The molecule has 2 heterocycles. The zero-order chi connectivity index (χ0) is 24.4. The first kappa shape index (κ1) is 24.7. The van der Waals surface area contributed by atoms with Gasteiger partial charge in [0.1, 0.15) is 5.58 Å². The van der Waals surface area contributed by atoms with Crippen LogP contribution in [-0.2, 0) is 41.4 Å². The monoisotopic (exact) mass is 506 g/mol. The van der Waals surface area contributed by atoms with Gasteiger partial charge in [0.05, 0.1) is 4.58 Å². The van der Waals surface area contributed by atoms with E-state index in [1.165, 1.54) is 44.3 Å². The summed E-state index contributed by atoms with van der Waals surface area (Å²) in [6.07, 6.45) is 1.12. The van der Waals surface area contributed by atoms with Crippen molar-refractivity contribution in [1.29, 1.82) is 0 Å². The normalized spacial score (nSPS) is 24.2. The molecule has 0 N–H and O–H groups in total. The summed E-state index contributed by atoms with van der Waals surface area (Å²) in [5, 5.41) is 0.944. The summed E-state index contributed by atoms with van der Waals surface area (Å²) in [6, 6.07) is 5.73. The number of ether oxygens (including phenoxy) is 3. The average Bonchev–Trinajstić information content (AvgIpc) is 2.77. The van der Waals surface area contributed by atoms with Crippen LogP contribution in [0.3, 0.4) is 0 Å². The van der Waals surface area contributed by atoms with Gasteiger partial charge < -0.3 is 18.6 Å². The number of carbonyl (C=O) groups is 3. The molecule has 1 aromatic heterocycles. The second kappa shape index (κ2) is 10.4. The number of rotatable bonds is 5. The number of thioether (sulfide) groups is 2. The lowest BCUT2D eigenvalue weighted by Gasteiger charge is -2.39. The molecule has 4 atom stereocenters. The summed E-state index contributed by atoms with van der Waals surface area (Å²) < 4.78 is 21.6. The summed E-state index contributed by atoms with van der Waals surface area (Å²) in [5.41, 5.74) is 2.08. The van der Waals surface area contributed by atoms with E-state index in [-0.39, 0.29) is 10.2 Å². The molecule has 0 saturated carbocycles. The third-order valence-corrected chi connectivity index (χ3v) is 8.59. The Morgan fingerprint density at radius 1 is 0.941 bits per heavy atom. The van der Waals surface area contributed by atoms with Gasteiger partial charge in [-0.05, 0) is 49.4 Å². The van der Waals surface area contributed by atoms with Crippen LogP contribution in [0.2, 0.25) is 0 Å². The van der Waals surface area contributed by atoms with Gasteiger partial charge in [-0.3, -0.25) is 14.4 Å². The maximum atomic E-state index is 12.5. The number of hydrogen-bond donors (Lipinski definition) is 0. The number of aryl methyl sites for hydroxylation is 1. The zero-order valence-electron chi connectivity index (χ0n) is 19.2. The van der Waals surface area contributed by atoms with Crippen LogP contribution in [0.15, 0.2) is 32.3 Å². The molecule has 8 nitrogen and oxygen atoms in total. The number of carbonyl (C=O) groups excluding carboxylic acids is 3. The molecule has 1 aromatic carbocycles. The highest BCUT2D eigenvalue weighted by molar-refractivity contribution is 8.17. The maximum absolute atomic E-state index is 12.5. The molecule has 0 amide bonds. The van der Waals surface area contributed by atoms with Gasteiger partial charge in [0.25, 0.3) is 0 Å². The second-order valence-corrected chi connectivity index (χ2v) is 11.0. The van der Waals surface area contributed by atoms with E-state index in [4.69, 9.17) is 18.6 Å². The molecule has 0 radical (unpaired) electrons. The Morgan fingerprint density at radius 3 is 2.26 bits per heavy atom. The van der Waals surface area contributed by atoms with Crippen LogP contribution in [-0.4, -0.2) is 46.6 Å². The Kier molecular flexibility index (Phi) is 7.57. The predicted octanol–water partition coefficient (Wildman–Crippen LogP) is 3.63. The molecule has 4 rings (SSSR count). The average molecular weight is 507 g/mol. The third kappa shape index (κ3) is 5.43. The fraction of sp³-hybridized carbons (Fsp3) is 0.500. The van der Waals surface area contributed by atoms with Crippen LogP contribution < -0.4 is 5.63 Å². The van der Waals surface area contributed by atoms with E-state index >= 15 is 0 Å². The Hall–Kier alpha value is -2.46. The first-order valence-corrected chi connectivity index (χ1v) is 13.0. The fourth-order valence-corrected chi connectivity index (χ4v) is 7.26. The minimum atomic E-state index is -0.936. The summed E-state index contributed by atoms with van der Waals surface area (Å²) >= 11 is 2.86. The molecule has 0 spiro atoms. The van der Waals surface area contributed by atoms with Gasteiger partial charge in [-0.1, -0.05) is 0 Å². The van der Waals surface area contributed by atoms with Gasteiger partial charge >= 0.3 is 23.5 Å². The Labute approximate surface area is 205 Å². The van der Waals surface area contributed by atoms with Crippen LogP contribution >= 0.6 is 23.5 Å². The van der Waals surface area contributed by atoms with E-state index in [9.17, 15) is 19.2 Å². The minimum Gasteiger partial charge on any atom is -0.458 e. The van der Waals surface area contributed by atoms with Crippen molar-refractivity contribution in [3.05, 3.63) is 39.7 Å². The molecule has 2 aromatic rings.